The fraction of sp³-hybridized carbons (Fsp3) is 0.235. The van der Waals surface area contributed by atoms with E-state index in [1.165, 1.54) is 5.56 Å². The van der Waals surface area contributed by atoms with E-state index in [1.807, 2.05) is 18.2 Å². The van der Waals surface area contributed by atoms with E-state index in [-0.39, 0.29) is 0 Å². The number of benzene rings is 2. The Morgan fingerprint density at radius 2 is 1.95 bits per heavy atom. The van der Waals surface area contributed by atoms with Crippen LogP contribution in [0.5, 0.6) is 0 Å². The molecule has 1 aliphatic rings. The molecule has 0 N–H and O–H groups in total. The first kappa shape index (κ1) is 13.2. The van der Waals surface area contributed by atoms with Crippen LogP contribution in [0, 0.1) is 11.3 Å². The maximum atomic E-state index is 9.26. The second-order valence-corrected chi connectivity index (χ2v) is 6.03. The molecule has 1 unspecified atom stereocenters. The van der Waals surface area contributed by atoms with Gasteiger partial charge in [0.1, 0.15) is 6.07 Å². The average molecular weight is 327 g/mol. The second kappa shape index (κ2) is 5.68. The van der Waals surface area contributed by atoms with Crippen molar-refractivity contribution in [3.8, 4) is 6.07 Å². The van der Waals surface area contributed by atoms with Crippen molar-refractivity contribution in [3.63, 3.8) is 0 Å². The van der Waals surface area contributed by atoms with E-state index in [0.29, 0.717) is 5.92 Å². The number of rotatable bonds is 2. The SMILES string of the molecule is N#Cc1ccc(Br)cc1N1CCC(c2ccccc2)C1. The Hall–Kier alpha value is -1.79. The van der Waals surface area contributed by atoms with Gasteiger partial charge in [-0.05, 0) is 30.2 Å². The Kier molecular flexibility index (Phi) is 3.75. The van der Waals surface area contributed by atoms with Crippen molar-refractivity contribution in [2.45, 2.75) is 12.3 Å². The van der Waals surface area contributed by atoms with Crippen LogP contribution in [0.3, 0.4) is 0 Å². The van der Waals surface area contributed by atoms with Crippen molar-refractivity contribution in [3.05, 3.63) is 64.1 Å². The summed E-state index contributed by atoms with van der Waals surface area (Å²) in [6, 6.07) is 18.8. The molecule has 0 amide bonds. The molecule has 1 saturated heterocycles. The number of anilines is 1. The average Bonchev–Trinajstić information content (AvgIpc) is 2.98. The highest BCUT2D eigenvalue weighted by Gasteiger charge is 2.25. The summed E-state index contributed by atoms with van der Waals surface area (Å²) < 4.78 is 1.02. The van der Waals surface area contributed by atoms with Crippen molar-refractivity contribution >= 4 is 21.6 Å². The molecule has 100 valence electrons. The molecule has 0 bridgehead atoms. The number of nitrogens with zero attached hydrogens (tertiary/aromatic N) is 2. The third-order valence-corrected chi connectivity index (χ3v) is 4.37. The van der Waals surface area contributed by atoms with E-state index in [0.717, 1.165) is 35.2 Å². The van der Waals surface area contributed by atoms with E-state index in [2.05, 4.69) is 57.2 Å². The summed E-state index contributed by atoms with van der Waals surface area (Å²) in [5.41, 5.74) is 3.19. The largest absolute Gasteiger partial charge is 0.370 e. The predicted molar refractivity (Wildman–Crippen MR) is 84.9 cm³/mol. The van der Waals surface area contributed by atoms with Crippen LogP contribution in [0.15, 0.2) is 53.0 Å². The van der Waals surface area contributed by atoms with Crippen molar-refractivity contribution in [1.29, 1.82) is 5.26 Å². The first-order valence-electron chi connectivity index (χ1n) is 6.77. The molecule has 0 spiro atoms. The van der Waals surface area contributed by atoms with Crippen LogP contribution in [0.1, 0.15) is 23.5 Å². The molecule has 1 fully saturated rings. The first-order valence-corrected chi connectivity index (χ1v) is 7.57. The van der Waals surface area contributed by atoms with Crippen LogP contribution in [0.4, 0.5) is 5.69 Å². The maximum absolute atomic E-state index is 9.26. The number of hydrogen-bond acceptors (Lipinski definition) is 2. The van der Waals surface area contributed by atoms with Crippen LogP contribution in [0.25, 0.3) is 0 Å². The normalized spacial score (nSPS) is 18.0. The van der Waals surface area contributed by atoms with Gasteiger partial charge < -0.3 is 4.90 Å². The quantitative estimate of drug-likeness (QED) is 0.822. The molecule has 1 heterocycles. The summed E-state index contributed by atoms with van der Waals surface area (Å²) in [5.74, 6) is 0.557. The standard InChI is InChI=1S/C17H15BrN2/c18-16-7-6-14(11-19)17(10-16)20-9-8-15(12-20)13-4-2-1-3-5-13/h1-7,10,15H,8-9,12H2. The number of nitriles is 1. The topological polar surface area (TPSA) is 27.0 Å². The molecular weight excluding hydrogens is 312 g/mol. The molecule has 2 aromatic rings. The third-order valence-electron chi connectivity index (χ3n) is 3.88. The third kappa shape index (κ3) is 2.57. The molecule has 2 aromatic carbocycles. The summed E-state index contributed by atoms with van der Waals surface area (Å²) in [4.78, 5) is 2.32. The van der Waals surface area contributed by atoms with Crippen LogP contribution in [-0.4, -0.2) is 13.1 Å². The van der Waals surface area contributed by atoms with Crippen molar-refractivity contribution < 1.29 is 0 Å². The molecule has 0 saturated carbocycles. The lowest BCUT2D eigenvalue weighted by Crippen LogP contribution is -2.20. The molecule has 0 radical (unpaired) electrons. The van der Waals surface area contributed by atoms with Gasteiger partial charge in [0.05, 0.1) is 11.3 Å². The van der Waals surface area contributed by atoms with Crippen LogP contribution >= 0.6 is 15.9 Å². The highest BCUT2D eigenvalue weighted by atomic mass is 79.9. The van der Waals surface area contributed by atoms with Gasteiger partial charge in [0, 0.05) is 23.5 Å². The lowest BCUT2D eigenvalue weighted by atomic mass is 9.99. The van der Waals surface area contributed by atoms with Crippen LogP contribution in [-0.2, 0) is 0 Å². The Morgan fingerprint density at radius 3 is 2.70 bits per heavy atom. The van der Waals surface area contributed by atoms with Crippen LogP contribution < -0.4 is 4.90 Å². The van der Waals surface area contributed by atoms with Crippen molar-refractivity contribution in [1.82, 2.24) is 0 Å². The van der Waals surface area contributed by atoms with Gasteiger partial charge >= 0.3 is 0 Å². The number of hydrogen-bond donors (Lipinski definition) is 0. The molecule has 2 nitrogen and oxygen atoms in total. The highest BCUT2D eigenvalue weighted by Crippen LogP contribution is 2.33. The fourth-order valence-electron chi connectivity index (χ4n) is 2.84. The Bertz CT molecular complexity index is 646. The smallest absolute Gasteiger partial charge is 0.101 e. The Balaban J connectivity index is 1.84. The summed E-state index contributed by atoms with van der Waals surface area (Å²) in [5, 5.41) is 9.26. The second-order valence-electron chi connectivity index (χ2n) is 5.12. The molecule has 1 aliphatic heterocycles. The van der Waals surface area contributed by atoms with Crippen LogP contribution in [0.2, 0.25) is 0 Å². The minimum absolute atomic E-state index is 0.557. The lowest BCUT2D eigenvalue weighted by molar-refractivity contribution is 0.775. The monoisotopic (exact) mass is 326 g/mol. The van der Waals surface area contributed by atoms with Gasteiger partial charge in [-0.3, -0.25) is 0 Å². The van der Waals surface area contributed by atoms with E-state index in [9.17, 15) is 5.26 Å². The number of halogens is 1. The summed E-state index contributed by atoms with van der Waals surface area (Å²) >= 11 is 3.50. The van der Waals surface area contributed by atoms with E-state index in [4.69, 9.17) is 0 Å². The van der Waals surface area contributed by atoms with Gasteiger partial charge in [-0.1, -0.05) is 46.3 Å². The molecule has 20 heavy (non-hydrogen) atoms. The van der Waals surface area contributed by atoms with Crippen molar-refractivity contribution in [2.24, 2.45) is 0 Å². The molecule has 0 aliphatic carbocycles. The van der Waals surface area contributed by atoms with Gasteiger partial charge in [-0.2, -0.15) is 5.26 Å². The molecular formula is C17H15BrN2. The highest BCUT2D eigenvalue weighted by molar-refractivity contribution is 9.10. The molecule has 1 atom stereocenters. The van der Waals surface area contributed by atoms with Gasteiger partial charge in [-0.15, -0.1) is 0 Å². The van der Waals surface area contributed by atoms with E-state index in [1.54, 1.807) is 0 Å². The molecule has 0 aromatic heterocycles. The Labute approximate surface area is 127 Å². The molecule has 3 rings (SSSR count). The molecule has 3 heteroatoms. The van der Waals surface area contributed by atoms with Gasteiger partial charge in [-0.25, -0.2) is 0 Å². The zero-order chi connectivity index (χ0) is 13.9. The van der Waals surface area contributed by atoms with E-state index >= 15 is 0 Å². The van der Waals surface area contributed by atoms with Gasteiger partial charge in [0.2, 0.25) is 0 Å². The van der Waals surface area contributed by atoms with Crippen molar-refractivity contribution in [2.75, 3.05) is 18.0 Å². The first-order chi connectivity index (χ1) is 9.78. The lowest BCUT2D eigenvalue weighted by Gasteiger charge is -2.20. The maximum Gasteiger partial charge on any atom is 0.101 e. The minimum atomic E-state index is 0.557. The minimum Gasteiger partial charge on any atom is -0.370 e. The van der Waals surface area contributed by atoms with Gasteiger partial charge in [0.15, 0.2) is 0 Å². The van der Waals surface area contributed by atoms with E-state index < -0.39 is 0 Å². The summed E-state index contributed by atoms with van der Waals surface area (Å²) in [6.45, 7) is 1.99. The zero-order valence-corrected chi connectivity index (χ0v) is 12.7. The predicted octanol–water partition coefficient (Wildman–Crippen LogP) is 4.31. The summed E-state index contributed by atoms with van der Waals surface area (Å²) in [7, 11) is 0. The van der Waals surface area contributed by atoms with Gasteiger partial charge in [0.25, 0.3) is 0 Å². The fourth-order valence-corrected chi connectivity index (χ4v) is 3.19. The summed E-state index contributed by atoms with van der Waals surface area (Å²) in [6.07, 6.45) is 1.14. The Morgan fingerprint density at radius 1 is 1.15 bits per heavy atom. The zero-order valence-electron chi connectivity index (χ0n) is 11.1.